The Bertz CT molecular complexity index is 932. The SMILES string of the molecule is CCOC(=O)CC(c1cc(OC)c2c(c1)OCO2)c1oc(CO)cc(=O)c1O. The first-order chi connectivity index (χ1) is 13.5. The van der Waals surface area contributed by atoms with Gasteiger partial charge in [-0.1, -0.05) is 0 Å². The molecule has 28 heavy (non-hydrogen) atoms. The fraction of sp³-hybridized carbons (Fsp3) is 0.368. The van der Waals surface area contributed by atoms with Crippen molar-refractivity contribution in [3.63, 3.8) is 0 Å². The van der Waals surface area contributed by atoms with Gasteiger partial charge in [-0.05, 0) is 24.6 Å². The summed E-state index contributed by atoms with van der Waals surface area (Å²) >= 11 is 0. The number of esters is 1. The molecule has 2 heterocycles. The van der Waals surface area contributed by atoms with E-state index in [9.17, 15) is 19.8 Å². The molecule has 1 aromatic carbocycles. The Kier molecular flexibility index (Phi) is 5.74. The lowest BCUT2D eigenvalue weighted by atomic mass is 9.91. The Labute approximate surface area is 160 Å². The van der Waals surface area contributed by atoms with E-state index in [4.69, 9.17) is 23.4 Å². The summed E-state index contributed by atoms with van der Waals surface area (Å²) in [5.74, 6) is -1.13. The van der Waals surface area contributed by atoms with Crippen LogP contribution >= 0.6 is 0 Å². The second kappa shape index (κ2) is 8.22. The number of aliphatic hydroxyl groups is 1. The molecule has 0 bridgehead atoms. The van der Waals surface area contributed by atoms with Crippen molar-refractivity contribution in [1.29, 1.82) is 0 Å². The fourth-order valence-electron chi connectivity index (χ4n) is 2.97. The molecule has 0 fully saturated rings. The molecule has 9 nitrogen and oxygen atoms in total. The van der Waals surface area contributed by atoms with Crippen molar-refractivity contribution in [3.05, 3.63) is 45.5 Å². The van der Waals surface area contributed by atoms with E-state index >= 15 is 0 Å². The predicted molar refractivity (Wildman–Crippen MR) is 94.8 cm³/mol. The molecule has 0 radical (unpaired) electrons. The Balaban J connectivity index is 2.15. The van der Waals surface area contributed by atoms with E-state index < -0.39 is 29.7 Å². The zero-order valence-electron chi connectivity index (χ0n) is 15.4. The smallest absolute Gasteiger partial charge is 0.306 e. The van der Waals surface area contributed by atoms with Crippen LogP contribution in [-0.2, 0) is 16.1 Å². The normalized spacial score (nSPS) is 13.2. The van der Waals surface area contributed by atoms with Crippen molar-refractivity contribution in [3.8, 4) is 23.0 Å². The van der Waals surface area contributed by atoms with Crippen molar-refractivity contribution in [1.82, 2.24) is 0 Å². The van der Waals surface area contributed by atoms with Crippen molar-refractivity contribution in [2.45, 2.75) is 25.9 Å². The van der Waals surface area contributed by atoms with Crippen molar-refractivity contribution in [2.24, 2.45) is 0 Å². The average molecular weight is 392 g/mol. The quantitative estimate of drug-likeness (QED) is 0.677. The van der Waals surface area contributed by atoms with Crippen molar-refractivity contribution in [2.75, 3.05) is 20.5 Å². The number of ether oxygens (including phenoxy) is 4. The molecule has 150 valence electrons. The second-order valence-corrected chi connectivity index (χ2v) is 5.97. The van der Waals surface area contributed by atoms with Gasteiger partial charge in [-0.2, -0.15) is 0 Å². The third-order valence-electron chi connectivity index (χ3n) is 4.23. The first kappa shape index (κ1) is 19.6. The van der Waals surface area contributed by atoms with Gasteiger partial charge in [0.1, 0.15) is 12.4 Å². The van der Waals surface area contributed by atoms with Crippen molar-refractivity contribution >= 4 is 5.97 Å². The number of hydrogen-bond donors (Lipinski definition) is 2. The third-order valence-corrected chi connectivity index (χ3v) is 4.23. The molecule has 0 saturated carbocycles. The van der Waals surface area contributed by atoms with Crippen LogP contribution in [0.2, 0.25) is 0 Å². The standard InChI is InChI=1S/C19H20O9/c1-3-25-16(22)7-12(18-17(23)13(21)6-11(8-20)28-18)10-4-14(24-2)19-15(5-10)26-9-27-19/h4-6,12,20,23H,3,7-9H2,1-2H3. The molecule has 1 aliphatic heterocycles. The molecular weight excluding hydrogens is 372 g/mol. The first-order valence-corrected chi connectivity index (χ1v) is 8.58. The summed E-state index contributed by atoms with van der Waals surface area (Å²) in [6, 6.07) is 4.20. The minimum Gasteiger partial charge on any atom is -0.502 e. The highest BCUT2D eigenvalue weighted by molar-refractivity contribution is 5.72. The maximum atomic E-state index is 12.2. The molecular formula is C19H20O9. The Hall–Kier alpha value is -3.20. The van der Waals surface area contributed by atoms with Gasteiger partial charge in [0.2, 0.25) is 23.7 Å². The molecule has 0 saturated heterocycles. The van der Waals surface area contributed by atoms with Gasteiger partial charge in [0.25, 0.3) is 0 Å². The van der Waals surface area contributed by atoms with Crippen LogP contribution in [0.5, 0.6) is 23.0 Å². The van der Waals surface area contributed by atoms with Crippen molar-refractivity contribution < 1.29 is 38.4 Å². The van der Waals surface area contributed by atoms with E-state index in [1.165, 1.54) is 7.11 Å². The number of aliphatic hydroxyl groups excluding tert-OH is 1. The number of aromatic hydroxyl groups is 1. The van der Waals surface area contributed by atoms with Gasteiger partial charge < -0.3 is 33.6 Å². The number of carbonyl (C=O) groups is 1. The second-order valence-electron chi connectivity index (χ2n) is 5.97. The molecule has 0 spiro atoms. The monoisotopic (exact) mass is 392 g/mol. The first-order valence-electron chi connectivity index (χ1n) is 8.58. The molecule has 0 aliphatic carbocycles. The van der Waals surface area contributed by atoms with Crippen LogP contribution < -0.4 is 19.6 Å². The van der Waals surface area contributed by atoms with E-state index in [2.05, 4.69) is 0 Å². The van der Waals surface area contributed by atoms with Crippen LogP contribution in [0.15, 0.2) is 27.4 Å². The molecule has 0 amide bonds. The number of hydrogen-bond acceptors (Lipinski definition) is 9. The van der Waals surface area contributed by atoms with E-state index in [1.54, 1.807) is 19.1 Å². The summed E-state index contributed by atoms with van der Waals surface area (Å²) in [4.78, 5) is 24.2. The van der Waals surface area contributed by atoms with Crippen LogP contribution in [0, 0.1) is 0 Å². The molecule has 1 aliphatic rings. The predicted octanol–water partition coefficient (Wildman–Crippen LogP) is 1.66. The summed E-state index contributed by atoms with van der Waals surface area (Å²) in [6.45, 7) is 1.31. The molecule has 2 aromatic rings. The van der Waals surface area contributed by atoms with Gasteiger partial charge in [-0.15, -0.1) is 0 Å². The summed E-state index contributed by atoms with van der Waals surface area (Å²) < 4.78 is 26.6. The topological polar surface area (TPSA) is 125 Å². The Morgan fingerprint density at radius 1 is 1.29 bits per heavy atom. The number of rotatable bonds is 7. The molecule has 3 rings (SSSR count). The number of fused-ring (bicyclic) bond motifs is 1. The van der Waals surface area contributed by atoms with E-state index in [0.717, 1.165) is 6.07 Å². The third kappa shape index (κ3) is 3.74. The fourth-order valence-corrected chi connectivity index (χ4v) is 2.97. The zero-order valence-corrected chi connectivity index (χ0v) is 15.4. The lowest BCUT2D eigenvalue weighted by Gasteiger charge is -2.19. The zero-order chi connectivity index (χ0) is 20.3. The largest absolute Gasteiger partial charge is 0.502 e. The molecule has 2 N–H and O–H groups in total. The van der Waals surface area contributed by atoms with Gasteiger partial charge in [0, 0.05) is 6.07 Å². The van der Waals surface area contributed by atoms with Gasteiger partial charge in [-0.3, -0.25) is 9.59 Å². The van der Waals surface area contributed by atoms with Gasteiger partial charge >= 0.3 is 5.97 Å². The number of carbonyl (C=O) groups excluding carboxylic acids is 1. The molecule has 9 heteroatoms. The minimum absolute atomic E-state index is 0.0119. The summed E-state index contributed by atoms with van der Waals surface area (Å²) in [7, 11) is 1.45. The van der Waals surface area contributed by atoms with Crippen LogP contribution in [0.4, 0.5) is 0 Å². The maximum absolute atomic E-state index is 12.2. The van der Waals surface area contributed by atoms with Crippen LogP contribution in [0.3, 0.4) is 0 Å². The highest BCUT2D eigenvalue weighted by atomic mass is 16.7. The maximum Gasteiger partial charge on any atom is 0.306 e. The van der Waals surface area contributed by atoms with Gasteiger partial charge in [-0.25, -0.2) is 0 Å². The number of methoxy groups -OCH3 is 1. The van der Waals surface area contributed by atoms with Crippen LogP contribution in [0.1, 0.15) is 36.3 Å². The van der Waals surface area contributed by atoms with Gasteiger partial charge in [0.15, 0.2) is 17.3 Å². The Morgan fingerprint density at radius 2 is 2.07 bits per heavy atom. The number of benzene rings is 1. The van der Waals surface area contributed by atoms with Gasteiger partial charge in [0.05, 0.1) is 26.1 Å². The summed E-state index contributed by atoms with van der Waals surface area (Å²) in [5.41, 5.74) is -0.255. The lowest BCUT2D eigenvalue weighted by Crippen LogP contribution is -2.15. The molecule has 1 atom stereocenters. The lowest BCUT2D eigenvalue weighted by molar-refractivity contribution is -0.143. The summed E-state index contributed by atoms with van der Waals surface area (Å²) in [6.07, 6.45) is -0.220. The Morgan fingerprint density at radius 3 is 2.75 bits per heavy atom. The van der Waals surface area contributed by atoms with E-state index in [1.807, 2.05) is 0 Å². The highest BCUT2D eigenvalue weighted by Gasteiger charge is 2.30. The van der Waals surface area contributed by atoms with Crippen LogP contribution in [-0.4, -0.2) is 36.7 Å². The summed E-state index contributed by atoms with van der Waals surface area (Å²) in [5, 5.41) is 19.6. The highest BCUT2D eigenvalue weighted by Crippen LogP contribution is 2.45. The van der Waals surface area contributed by atoms with E-state index in [0.29, 0.717) is 22.8 Å². The average Bonchev–Trinajstić information content (AvgIpc) is 3.16. The van der Waals surface area contributed by atoms with E-state index in [-0.39, 0.29) is 31.3 Å². The van der Waals surface area contributed by atoms with Crippen LogP contribution in [0.25, 0.3) is 0 Å². The molecule has 1 aromatic heterocycles. The molecule has 1 unspecified atom stereocenters. The minimum atomic E-state index is -0.887.